The second kappa shape index (κ2) is 5.10. The molecule has 100 valence electrons. The van der Waals surface area contributed by atoms with Crippen molar-refractivity contribution in [3.8, 4) is 10.8 Å². The summed E-state index contributed by atoms with van der Waals surface area (Å²) in [6.07, 6.45) is 2.98. The maximum absolute atomic E-state index is 11.9. The van der Waals surface area contributed by atoms with Gasteiger partial charge in [0.15, 0.2) is 10.8 Å². The van der Waals surface area contributed by atoms with Crippen LogP contribution in [0.1, 0.15) is 10.4 Å². The molecule has 0 aromatic carbocycles. The second-order valence-electron chi connectivity index (χ2n) is 3.76. The number of carbonyl (C=O) groups excluding carboxylic acids is 1. The molecule has 0 unspecified atom stereocenters. The van der Waals surface area contributed by atoms with Gasteiger partial charge in [-0.1, -0.05) is 11.3 Å². The lowest BCUT2D eigenvalue weighted by molar-refractivity contribution is 0.102. The largest absolute Gasteiger partial charge is 0.462 e. The lowest BCUT2D eigenvalue weighted by atomic mass is 10.3. The first-order valence-electron chi connectivity index (χ1n) is 5.60. The van der Waals surface area contributed by atoms with E-state index in [1.54, 1.807) is 18.2 Å². The predicted molar refractivity (Wildman–Crippen MR) is 72.6 cm³/mol. The van der Waals surface area contributed by atoms with Crippen LogP contribution in [0.5, 0.6) is 0 Å². The van der Waals surface area contributed by atoms with E-state index in [1.807, 2.05) is 0 Å². The van der Waals surface area contributed by atoms with E-state index in [-0.39, 0.29) is 5.56 Å². The van der Waals surface area contributed by atoms with Crippen molar-refractivity contribution in [3.05, 3.63) is 52.6 Å². The molecule has 0 radical (unpaired) electrons. The van der Waals surface area contributed by atoms with Gasteiger partial charge in [0.1, 0.15) is 5.56 Å². The number of aromatic nitrogens is 3. The van der Waals surface area contributed by atoms with E-state index in [1.165, 1.54) is 18.5 Å². The number of hydrogen-bond donors (Lipinski definition) is 2. The van der Waals surface area contributed by atoms with Gasteiger partial charge in [-0.15, -0.1) is 10.2 Å². The first kappa shape index (κ1) is 12.3. The van der Waals surface area contributed by atoms with Crippen LogP contribution in [-0.2, 0) is 0 Å². The van der Waals surface area contributed by atoms with Gasteiger partial charge in [0.05, 0.1) is 6.26 Å². The molecule has 3 heterocycles. The molecule has 0 aliphatic carbocycles. The Hall–Kier alpha value is -2.74. The van der Waals surface area contributed by atoms with Gasteiger partial charge in [0.25, 0.3) is 11.5 Å². The Morgan fingerprint density at radius 3 is 2.95 bits per heavy atom. The average molecular weight is 288 g/mol. The van der Waals surface area contributed by atoms with Crippen LogP contribution in [0.2, 0.25) is 0 Å². The summed E-state index contributed by atoms with van der Waals surface area (Å²) in [4.78, 5) is 25.8. The monoisotopic (exact) mass is 288 g/mol. The van der Waals surface area contributed by atoms with Gasteiger partial charge in [0, 0.05) is 6.20 Å². The van der Waals surface area contributed by atoms with Crippen LogP contribution < -0.4 is 10.9 Å². The van der Waals surface area contributed by atoms with Crippen LogP contribution in [-0.4, -0.2) is 21.1 Å². The molecule has 0 fully saturated rings. The van der Waals surface area contributed by atoms with Gasteiger partial charge in [0.2, 0.25) is 5.13 Å². The van der Waals surface area contributed by atoms with Crippen LogP contribution in [0.25, 0.3) is 10.8 Å². The molecule has 3 aromatic heterocycles. The zero-order chi connectivity index (χ0) is 13.9. The first-order valence-corrected chi connectivity index (χ1v) is 6.42. The molecule has 0 aliphatic heterocycles. The number of hydrogen-bond acceptors (Lipinski definition) is 6. The molecule has 0 aliphatic rings. The second-order valence-corrected chi connectivity index (χ2v) is 4.73. The SMILES string of the molecule is O=C(Nc1nnc(-c2ccco2)s1)c1ccc[nH]c1=O. The standard InChI is InChI=1S/C12H8N4O3S/c17-9-7(3-1-5-13-9)10(18)14-12-16-15-11(20-12)8-4-2-6-19-8/h1-6H,(H,13,17)(H,14,16,18). The smallest absolute Gasteiger partial charge is 0.263 e. The van der Waals surface area contributed by atoms with Crippen molar-refractivity contribution in [1.29, 1.82) is 0 Å². The average Bonchev–Trinajstić information content (AvgIpc) is 3.09. The molecule has 7 nitrogen and oxygen atoms in total. The Labute approximate surface area is 116 Å². The minimum absolute atomic E-state index is 0.0160. The van der Waals surface area contributed by atoms with Gasteiger partial charge in [-0.05, 0) is 24.3 Å². The quantitative estimate of drug-likeness (QED) is 0.764. The van der Waals surface area contributed by atoms with Crippen molar-refractivity contribution in [2.24, 2.45) is 0 Å². The number of pyridine rings is 1. The van der Waals surface area contributed by atoms with E-state index in [9.17, 15) is 9.59 Å². The number of anilines is 1. The normalized spacial score (nSPS) is 10.4. The number of rotatable bonds is 3. The molecule has 0 saturated carbocycles. The molecule has 20 heavy (non-hydrogen) atoms. The van der Waals surface area contributed by atoms with E-state index < -0.39 is 11.5 Å². The Morgan fingerprint density at radius 1 is 1.30 bits per heavy atom. The first-order chi connectivity index (χ1) is 9.74. The molecule has 0 saturated heterocycles. The lowest BCUT2D eigenvalue weighted by Gasteiger charge is -1.98. The highest BCUT2D eigenvalue weighted by atomic mass is 32.1. The van der Waals surface area contributed by atoms with Crippen LogP contribution in [0.15, 0.2) is 45.9 Å². The number of H-pyrrole nitrogens is 1. The Morgan fingerprint density at radius 2 is 2.20 bits per heavy atom. The minimum atomic E-state index is -0.533. The summed E-state index contributed by atoms with van der Waals surface area (Å²) in [5, 5.41) is 11.1. The Bertz CT molecular complexity index is 791. The van der Waals surface area contributed by atoms with Gasteiger partial charge < -0.3 is 9.40 Å². The Balaban J connectivity index is 1.81. The van der Waals surface area contributed by atoms with Crippen molar-refractivity contribution in [3.63, 3.8) is 0 Å². The molecule has 8 heteroatoms. The molecular weight excluding hydrogens is 280 g/mol. The van der Waals surface area contributed by atoms with Crippen LogP contribution >= 0.6 is 11.3 Å². The zero-order valence-corrected chi connectivity index (χ0v) is 10.8. The van der Waals surface area contributed by atoms with Gasteiger partial charge in [-0.25, -0.2) is 0 Å². The van der Waals surface area contributed by atoms with Gasteiger partial charge in [-0.3, -0.25) is 14.9 Å². The molecule has 1 amide bonds. The molecule has 3 rings (SSSR count). The van der Waals surface area contributed by atoms with E-state index in [2.05, 4.69) is 20.5 Å². The van der Waals surface area contributed by atoms with Crippen molar-refractivity contribution in [2.45, 2.75) is 0 Å². The number of carbonyl (C=O) groups is 1. The molecule has 0 spiro atoms. The minimum Gasteiger partial charge on any atom is -0.462 e. The van der Waals surface area contributed by atoms with Gasteiger partial charge in [-0.2, -0.15) is 0 Å². The summed E-state index contributed by atoms with van der Waals surface area (Å²) in [7, 11) is 0. The van der Waals surface area contributed by atoms with E-state index in [0.29, 0.717) is 15.9 Å². The highest BCUT2D eigenvalue weighted by molar-refractivity contribution is 7.18. The lowest BCUT2D eigenvalue weighted by Crippen LogP contribution is -2.22. The maximum Gasteiger partial charge on any atom is 0.263 e. The van der Waals surface area contributed by atoms with Crippen molar-refractivity contribution < 1.29 is 9.21 Å². The van der Waals surface area contributed by atoms with E-state index in [4.69, 9.17) is 4.42 Å². The summed E-state index contributed by atoms with van der Waals surface area (Å²) >= 11 is 1.16. The van der Waals surface area contributed by atoms with Crippen molar-refractivity contribution in [1.82, 2.24) is 15.2 Å². The van der Waals surface area contributed by atoms with E-state index in [0.717, 1.165) is 11.3 Å². The van der Waals surface area contributed by atoms with Crippen LogP contribution in [0.4, 0.5) is 5.13 Å². The number of nitrogens with one attached hydrogen (secondary N) is 2. The predicted octanol–water partition coefficient (Wildman–Crippen LogP) is 1.74. The van der Waals surface area contributed by atoms with Crippen molar-refractivity contribution in [2.75, 3.05) is 5.32 Å². The van der Waals surface area contributed by atoms with Crippen molar-refractivity contribution >= 4 is 22.4 Å². The molecular formula is C12H8N4O3S. The molecule has 0 atom stereocenters. The summed E-state index contributed by atoms with van der Waals surface area (Å²) in [5.41, 5.74) is -0.442. The highest BCUT2D eigenvalue weighted by Crippen LogP contribution is 2.26. The van der Waals surface area contributed by atoms with Gasteiger partial charge >= 0.3 is 0 Å². The number of aromatic amines is 1. The zero-order valence-electron chi connectivity index (χ0n) is 9.99. The number of furan rings is 1. The summed E-state index contributed by atoms with van der Waals surface area (Å²) in [6, 6.07) is 6.49. The van der Waals surface area contributed by atoms with Crippen LogP contribution in [0, 0.1) is 0 Å². The summed E-state index contributed by atoms with van der Waals surface area (Å²) < 4.78 is 5.18. The molecule has 0 bridgehead atoms. The Kier molecular flexibility index (Phi) is 3.13. The fourth-order valence-corrected chi connectivity index (χ4v) is 2.25. The summed E-state index contributed by atoms with van der Waals surface area (Å²) in [5.74, 6) is 0.0366. The third-order valence-corrected chi connectivity index (χ3v) is 3.29. The fraction of sp³-hybridized carbons (Fsp3) is 0. The van der Waals surface area contributed by atoms with E-state index >= 15 is 0 Å². The number of nitrogens with zero attached hydrogens (tertiary/aromatic N) is 2. The maximum atomic E-state index is 11.9. The third-order valence-electron chi connectivity index (χ3n) is 2.44. The number of amides is 1. The fourth-order valence-electron chi connectivity index (χ4n) is 1.54. The molecule has 3 aromatic rings. The third kappa shape index (κ3) is 2.36. The molecule has 2 N–H and O–H groups in total. The topological polar surface area (TPSA) is 101 Å². The highest BCUT2D eigenvalue weighted by Gasteiger charge is 2.14. The van der Waals surface area contributed by atoms with Crippen LogP contribution in [0.3, 0.4) is 0 Å². The summed E-state index contributed by atoms with van der Waals surface area (Å²) in [6.45, 7) is 0.